The minimum Gasteiger partial charge on any atom is -0.478 e. The maximum Gasteiger partial charge on any atom is 0.328 e. The molecule has 0 aromatic heterocycles. The molecule has 3 N–H and O–H groups in total. The van der Waals surface area contributed by atoms with Gasteiger partial charge in [0.05, 0.1) is 18.3 Å². The highest BCUT2D eigenvalue weighted by Gasteiger charge is 2.45. The van der Waals surface area contributed by atoms with Crippen LogP contribution in [0, 0.1) is 17.8 Å². The van der Waals surface area contributed by atoms with E-state index >= 15 is 0 Å². The van der Waals surface area contributed by atoms with Crippen LogP contribution in [-0.2, 0) is 19.1 Å². The molecule has 200 valence electrons. The van der Waals surface area contributed by atoms with E-state index in [0.717, 1.165) is 43.8 Å². The molecule has 2 aliphatic rings. The zero-order chi connectivity index (χ0) is 26.9. The standard InChI is InChI=1S/C29H42O7/c1-19(6-10-24(30)21(3)9-13-27(31)32)7-11-25-22(4)14-16-29(35-25)17-15-23(5)26(36-29)12-8-20(2)18-28(33)34/h6-10,12-13,18,21-26,30H,11,14-17H2,1-5H3,(H,31,32)(H,33,34)/b10-6+,12-8+,13-9+,19-7?,20-18+/t21-,22-,23-,24-,25+,26-,29-/m0/s1. The molecule has 2 rings (SSSR count). The molecular weight excluding hydrogens is 460 g/mol. The molecule has 7 atom stereocenters. The number of ether oxygens (including phenoxy) is 2. The van der Waals surface area contributed by atoms with Gasteiger partial charge in [-0.3, -0.25) is 0 Å². The molecule has 0 radical (unpaired) electrons. The fourth-order valence-corrected chi connectivity index (χ4v) is 4.53. The normalized spacial score (nSPS) is 31.9. The molecule has 0 amide bonds. The first kappa shape index (κ1) is 29.7. The van der Waals surface area contributed by atoms with Gasteiger partial charge in [-0.25, -0.2) is 9.59 Å². The predicted octanol–water partition coefficient (Wildman–Crippen LogP) is 5.43. The molecule has 0 bridgehead atoms. The van der Waals surface area contributed by atoms with Gasteiger partial charge in [-0.05, 0) is 50.5 Å². The molecule has 7 nitrogen and oxygen atoms in total. The van der Waals surface area contributed by atoms with Crippen LogP contribution in [0.2, 0.25) is 0 Å². The second kappa shape index (κ2) is 13.7. The Morgan fingerprint density at radius 2 is 1.61 bits per heavy atom. The van der Waals surface area contributed by atoms with Gasteiger partial charge >= 0.3 is 11.9 Å². The number of aliphatic hydroxyl groups excluding tert-OH is 1. The second-order valence-electron chi connectivity index (χ2n) is 10.4. The zero-order valence-corrected chi connectivity index (χ0v) is 22.1. The molecule has 7 heteroatoms. The van der Waals surface area contributed by atoms with Crippen LogP contribution in [-0.4, -0.2) is 51.4 Å². The summed E-state index contributed by atoms with van der Waals surface area (Å²) in [5.41, 5.74) is 1.67. The first-order valence-corrected chi connectivity index (χ1v) is 12.8. The number of aliphatic carboxylic acids is 2. The molecule has 36 heavy (non-hydrogen) atoms. The van der Waals surface area contributed by atoms with E-state index in [0.29, 0.717) is 17.4 Å². The Bertz CT molecular complexity index is 909. The Morgan fingerprint density at radius 3 is 2.25 bits per heavy atom. The highest BCUT2D eigenvalue weighted by Crippen LogP contribution is 2.43. The average molecular weight is 503 g/mol. The van der Waals surface area contributed by atoms with Gasteiger partial charge in [-0.2, -0.15) is 0 Å². The minimum atomic E-state index is -1.03. The summed E-state index contributed by atoms with van der Waals surface area (Å²) < 4.78 is 13.1. The number of hydrogen-bond donors (Lipinski definition) is 3. The lowest BCUT2D eigenvalue weighted by atomic mass is 9.83. The molecule has 2 aliphatic heterocycles. The minimum absolute atomic E-state index is 0.0103. The van der Waals surface area contributed by atoms with Crippen LogP contribution in [0.15, 0.2) is 59.8 Å². The van der Waals surface area contributed by atoms with Gasteiger partial charge in [0.2, 0.25) is 0 Å². The summed E-state index contributed by atoms with van der Waals surface area (Å²) >= 11 is 0. The summed E-state index contributed by atoms with van der Waals surface area (Å²) in [6.45, 7) is 9.84. The summed E-state index contributed by atoms with van der Waals surface area (Å²) in [5, 5.41) is 27.9. The molecule has 0 unspecified atom stereocenters. The summed E-state index contributed by atoms with van der Waals surface area (Å²) in [7, 11) is 0. The van der Waals surface area contributed by atoms with Crippen molar-refractivity contribution in [1.29, 1.82) is 0 Å². The summed E-state index contributed by atoms with van der Waals surface area (Å²) in [6, 6.07) is 0. The number of hydrogen-bond acceptors (Lipinski definition) is 5. The molecule has 2 heterocycles. The Hall–Kier alpha value is -2.48. The predicted molar refractivity (Wildman–Crippen MR) is 139 cm³/mol. The van der Waals surface area contributed by atoms with Crippen LogP contribution in [0.3, 0.4) is 0 Å². The van der Waals surface area contributed by atoms with Crippen molar-refractivity contribution in [3.8, 4) is 0 Å². The van der Waals surface area contributed by atoms with E-state index < -0.39 is 23.8 Å². The third-order valence-corrected chi connectivity index (χ3v) is 7.08. The van der Waals surface area contributed by atoms with Crippen LogP contribution in [0.1, 0.15) is 66.7 Å². The van der Waals surface area contributed by atoms with E-state index in [1.807, 2.05) is 25.2 Å². The van der Waals surface area contributed by atoms with Gasteiger partial charge in [0, 0.05) is 30.9 Å². The van der Waals surface area contributed by atoms with Crippen LogP contribution in [0.25, 0.3) is 0 Å². The maximum absolute atomic E-state index is 10.9. The third-order valence-electron chi connectivity index (χ3n) is 7.08. The van der Waals surface area contributed by atoms with Gasteiger partial charge < -0.3 is 24.8 Å². The number of aliphatic hydroxyl groups is 1. The second-order valence-corrected chi connectivity index (χ2v) is 10.4. The van der Waals surface area contributed by atoms with Crippen molar-refractivity contribution < 1.29 is 34.4 Å². The van der Waals surface area contributed by atoms with E-state index in [1.54, 1.807) is 19.9 Å². The molecule has 0 aromatic carbocycles. The maximum atomic E-state index is 10.9. The van der Waals surface area contributed by atoms with Gasteiger partial charge in [0.1, 0.15) is 0 Å². The van der Waals surface area contributed by atoms with Crippen LogP contribution in [0.4, 0.5) is 0 Å². The lowest BCUT2D eigenvalue weighted by Gasteiger charge is -2.49. The topological polar surface area (TPSA) is 113 Å². The number of allylic oxidation sites excluding steroid dienone is 4. The van der Waals surface area contributed by atoms with Crippen molar-refractivity contribution in [1.82, 2.24) is 0 Å². The lowest BCUT2D eigenvalue weighted by Crippen LogP contribution is -2.51. The first-order chi connectivity index (χ1) is 16.9. The fraction of sp³-hybridized carbons (Fsp3) is 0.586. The Morgan fingerprint density at radius 1 is 0.944 bits per heavy atom. The molecular formula is C29H42O7. The average Bonchev–Trinajstić information content (AvgIpc) is 2.81. The van der Waals surface area contributed by atoms with E-state index in [4.69, 9.17) is 19.7 Å². The highest BCUT2D eigenvalue weighted by molar-refractivity contribution is 5.81. The van der Waals surface area contributed by atoms with Crippen molar-refractivity contribution in [2.75, 3.05) is 0 Å². The van der Waals surface area contributed by atoms with Crippen molar-refractivity contribution in [3.05, 3.63) is 59.8 Å². The van der Waals surface area contributed by atoms with Gasteiger partial charge in [-0.1, -0.05) is 62.8 Å². The Kier molecular flexibility index (Phi) is 11.3. The third kappa shape index (κ3) is 9.52. The Balaban J connectivity index is 2.01. The van der Waals surface area contributed by atoms with Crippen LogP contribution >= 0.6 is 0 Å². The lowest BCUT2D eigenvalue weighted by molar-refractivity contribution is -0.323. The zero-order valence-electron chi connectivity index (χ0n) is 22.1. The fourth-order valence-electron chi connectivity index (χ4n) is 4.53. The quantitative estimate of drug-likeness (QED) is 0.270. The van der Waals surface area contributed by atoms with Crippen molar-refractivity contribution >= 4 is 11.9 Å². The van der Waals surface area contributed by atoms with E-state index in [2.05, 4.69) is 19.9 Å². The molecule has 2 fully saturated rings. The van der Waals surface area contributed by atoms with E-state index in [-0.39, 0.29) is 18.1 Å². The first-order valence-electron chi connectivity index (χ1n) is 12.8. The molecule has 0 saturated carbocycles. The number of carbonyl (C=O) groups is 2. The Labute approximate surface area is 214 Å². The molecule has 0 aliphatic carbocycles. The van der Waals surface area contributed by atoms with Crippen molar-refractivity contribution in [3.63, 3.8) is 0 Å². The monoisotopic (exact) mass is 502 g/mol. The molecule has 1 spiro atoms. The van der Waals surface area contributed by atoms with Crippen LogP contribution in [0.5, 0.6) is 0 Å². The summed E-state index contributed by atoms with van der Waals surface area (Å²) in [6.07, 6.45) is 16.6. The van der Waals surface area contributed by atoms with Gasteiger partial charge in [-0.15, -0.1) is 0 Å². The largest absolute Gasteiger partial charge is 0.478 e. The van der Waals surface area contributed by atoms with Gasteiger partial charge in [0.15, 0.2) is 5.79 Å². The number of carboxylic acid groups (broad SMARTS) is 2. The SMILES string of the molecule is CC(=CC[C@H]1O[C@@]2(CC[C@H](C)[C@H](/C=C/C(C)=C/C(=O)O)O2)CC[C@@H]1C)/C=C/[C@H](O)[C@@H](C)/C=C/C(=O)O. The van der Waals surface area contributed by atoms with Crippen molar-refractivity contribution in [2.45, 2.75) is 90.8 Å². The smallest absolute Gasteiger partial charge is 0.328 e. The summed E-state index contributed by atoms with van der Waals surface area (Å²) in [4.78, 5) is 21.5. The number of carboxylic acids is 2. The van der Waals surface area contributed by atoms with Gasteiger partial charge in [0.25, 0.3) is 0 Å². The molecule has 0 aromatic rings. The molecule has 2 saturated heterocycles. The summed E-state index contributed by atoms with van der Waals surface area (Å²) in [5.74, 6) is -2.22. The van der Waals surface area contributed by atoms with E-state index in [9.17, 15) is 14.7 Å². The number of rotatable bonds is 10. The highest BCUT2D eigenvalue weighted by atomic mass is 16.7. The van der Waals surface area contributed by atoms with E-state index in [1.165, 1.54) is 12.2 Å². The van der Waals surface area contributed by atoms with Crippen molar-refractivity contribution in [2.24, 2.45) is 17.8 Å². The van der Waals surface area contributed by atoms with Crippen LogP contribution < -0.4 is 0 Å².